The quantitative estimate of drug-likeness (QED) is 0.436. The third kappa shape index (κ3) is 4.97. The molecule has 1 amide bonds. The minimum absolute atomic E-state index is 0.0251. The van der Waals surface area contributed by atoms with Crippen LogP contribution in [0.1, 0.15) is 23.6 Å². The third-order valence-corrected chi connectivity index (χ3v) is 7.76. The number of benzene rings is 1. The van der Waals surface area contributed by atoms with Gasteiger partial charge in [-0.3, -0.25) is 23.9 Å². The van der Waals surface area contributed by atoms with E-state index in [-0.39, 0.29) is 27.2 Å². The van der Waals surface area contributed by atoms with Crippen molar-refractivity contribution in [2.45, 2.75) is 20.4 Å². The number of halogens is 1. The lowest BCUT2D eigenvalue weighted by Gasteiger charge is -2.39. The number of anilines is 2. The Morgan fingerprint density at radius 3 is 2.46 bits per heavy atom. The number of carbonyl (C=O) groups is 2. The number of piperazine rings is 1. The van der Waals surface area contributed by atoms with Crippen LogP contribution in [0.3, 0.4) is 0 Å². The number of thiocarbonyl (C=S) groups is 1. The van der Waals surface area contributed by atoms with Crippen molar-refractivity contribution in [3.8, 4) is 6.07 Å². The summed E-state index contributed by atoms with van der Waals surface area (Å²) in [5.74, 6) is -1.48. The molecule has 0 bridgehead atoms. The van der Waals surface area contributed by atoms with Gasteiger partial charge in [0.2, 0.25) is 0 Å². The summed E-state index contributed by atoms with van der Waals surface area (Å²) in [6.07, 6.45) is 1.58. The zero-order valence-electron chi connectivity index (χ0n) is 20.2. The van der Waals surface area contributed by atoms with E-state index in [2.05, 4.69) is 0 Å². The molecule has 0 unspecified atom stereocenters. The van der Waals surface area contributed by atoms with Gasteiger partial charge in [-0.1, -0.05) is 36.1 Å². The Hall–Kier alpha value is -3.69. The number of nitrogens with zero attached hydrogens (tertiary/aromatic N) is 5. The number of hydrogen-bond donors (Lipinski definition) is 1. The maximum atomic E-state index is 14.3. The molecular weight excluding hydrogens is 517 g/mol. The van der Waals surface area contributed by atoms with Gasteiger partial charge in [-0.2, -0.15) is 5.26 Å². The molecule has 1 aromatic heterocycles. The van der Waals surface area contributed by atoms with Crippen molar-refractivity contribution < 1.29 is 19.1 Å². The lowest BCUT2D eigenvalue weighted by molar-refractivity contribution is -0.140. The zero-order valence-corrected chi connectivity index (χ0v) is 21.9. The number of aliphatic carboxylic acids is 1. The van der Waals surface area contributed by atoms with Crippen LogP contribution in [0.15, 0.2) is 34.0 Å². The maximum absolute atomic E-state index is 14.3. The predicted octanol–water partition coefficient (Wildman–Crippen LogP) is 2.80. The molecule has 0 atom stereocenters. The number of para-hydroxylation sites is 1. The van der Waals surface area contributed by atoms with E-state index in [1.165, 1.54) is 10.6 Å². The first-order chi connectivity index (χ1) is 17.7. The van der Waals surface area contributed by atoms with Gasteiger partial charge in [-0.15, -0.1) is 0 Å². The van der Waals surface area contributed by atoms with Crippen LogP contribution in [0.4, 0.5) is 15.9 Å². The van der Waals surface area contributed by atoms with Gasteiger partial charge < -0.3 is 14.9 Å². The van der Waals surface area contributed by atoms with E-state index < -0.39 is 24.0 Å². The maximum Gasteiger partial charge on any atom is 0.323 e. The summed E-state index contributed by atoms with van der Waals surface area (Å²) in [5.41, 5.74) is 1.00. The number of rotatable bonds is 6. The normalized spacial score (nSPS) is 17.0. The third-order valence-electron chi connectivity index (χ3n) is 6.38. The largest absolute Gasteiger partial charge is 0.480 e. The number of carbonyl (C=O) groups excluding carboxylic acids is 1. The molecule has 192 valence electrons. The Morgan fingerprint density at radius 2 is 1.86 bits per heavy atom. The smallest absolute Gasteiger partial charge is 0.323 e. The van der Waals surface area contributed by atoms with Crippen molar-refractivity contribution in [1.82, 2.24) is 9.47 Å². The Morgan fingerprint density at radius 1 is 1.22 bits per heavy atom. The molecule has 1 aromatic carbocycles. The lowest BCUT2D eigenvalue weighted by Crippen LogP contribution is -2.49. The monoisotopic (exact) mass is 541 g/mol. The first-order valence-corrected chi connectivity index (χ1v) is 12.8. The summed E-state index contributed by atoms with van der Waals surface area (Å²) >= 11 is 6.20. The molecule has 4 rings (SSSR count). The van der Waals surface area contributed by atoms with E-state index in [0.717, 1.165) is 16.7 Å². The highest BCUT2D eigenvalue weighted by Gasteiger charge is 2.34. The van der Waals surface area contributed by atoms with Crippen molar-refractivity contribution in [3.05, 3.63) is 62.0 Å². The minimum Gasteiger partial charge on any atom is -0.480 e. The van der Waals surface area contributed by atoms with Gasteiger partial charge in [0.15, 0.2) is 0 Å². The molecule has 2 aromatic rings. The van der Waals surface area contributed by atoms with Crippen molar-refractivity contribution in [3.63, 3.8) is 0 Å². The number of thioether (sulfide) groups is 1. The summed E-state index contributed by atoms with van der Waals surface area (Å²) in [5, 5.41) is 18.9. The standard InChI is InChI=1S/C25H24FN5O4S2/c1-3-30-22(29-10-8-28(9-11-29)19-7-5-4-6-18(19)26)16(15(2)17(13-27)23(30)34)12-20-24(35)31(14-21(32)33)25(36)37-20/h4-7,12H,3,8-11,14H2,1-2H3,(H,32,33)/b20-12+. The number of amides is 1. The Labute approximate surface area is 222 Å². The predicted molar refractivity (Wildman–Crippen MR) is 144 cm³/mol. The second kappa shape index (κ2) is 10.7. The van der Waals surface area contributed by atoms with Crippen LogP contribution in [0.5, 0.6) is 0 Å². The fourth-order valence-corrected chi connectivity index (χ4v) is 5.79. The van der Waals surface area contributed by atoms with Crippen molar-refractivity contribution in [1.29, 1.82) is 5.26 Å². The Bertz CT molecular complexity index is 1420. The molecule has 0 saturated carbocycles. The van der Waals surface area contributed by atoms with Gasteiger partial charge in [0.05, 0.1) is 10.6 Å². The number of nitriles is 1. The number of pyridine rings is 1. The fraction of sp³-hybridized carbons (Fsp3) is 0.320. The molecule has 1 N–H and O–H groups in total. The van der Waals surface area contributed by atoms with Gasteiger partial charge in [0.1, 0.15) is 34.1 Å². The SMILES string of the molecule is CCn1c(N2CCN(c3ccccc3F)CC2)c(/C=C2/SC(=S)N(CC(=O)O)C2=O)c(C)c(C#N)c1=O. The van der Waals surface area contributed by atoms with Gasteiger partial charge in [-0.05, 0) is 37.6 Å². The molecule has 0 radical (unpaired) electrons. The van der Waals surface area contributed by atoms with E-state index in [9.17, 15) is 24.0 Å². The average Bonchev–Trinajstić information content (AvgIpc) is 3.13. The molecule has 2 aliphatic heterocycles. The van der Waals surface area contributed by atoms with Crippen LogP contribution < -0.4 is 15.4 Å². The summed E-state index contributed by atoms with van der Waals surface area (Å²) in [6.45, 7) is 5.13. The number of carboxylic acid groups (broad SMARTS) is 1. The fourth-order valence-electron chi connectivity index (χ4n) is 4.55. The number of aromatic nitrogens is 1. The Balaban J connectivity index is 1.77. The first-order valence-electron chi connectivity index (χ1n) is 11.6. The minimum atomic E-state index is -1.19. The van der Waals surface area contributed by atoms with Crippen molar-refractivity contribution in [2.24, 2.45) is 0 Å². The van der Waals surface area contributed by atoms with Crippen molar-refractivity contribution in [2.75, 3.05) is 42.5 Å². The molecular formula is C25H24FN5O4S2. The number of carboxylic acids is 1. The molecule has 2 fully saturated rings. The zero-order chi connectivity index (χ0) is 26.9. The van der Waals surface area contributed by atoms with E-state index in [1.54, 1.807) is 38.1 Å². The van der Waals surface area contributed by atoms with Crippen LogP contribution in [0, 0.1) is 24.1 Å². The highest BCUT2D eigenvalue weighted by Crippen LogP contribution is 2.36. The molecule has 2 saturated heterocycles. The van der Waals surface area contributed by atoms with Crippen LogP contribution >= 0.6 is 24.0 Å². The average molecular weight is 542 g/mol. The molecule has 3 heterocycles. The molecule has 2 aliphatic rings. The summed E-state index contributed by atoms with van der Waals surface area (Å²) in [6, 6.07) is 8.55. The van der Waals surface area contributed by atoms with Crippen LogP contribution in [-0.2, 0) is 16.1 Å². The summed E-state index contributed by atoms with van der Waals surface area (Å²) < 4.78 is 16.0. The van der Waals surface area contributed by atoms with E-state index in [1.807, 2.05) is 15.9 Å². The summed E-state index contributed by atoms with van der Waals surface area (Å²) in [7, 11) is 0. The molecule has 0 spiro atoms. The summed E-state index contributed by atoms with van der Waals surface area (Å²) in [4.78, 5) is 42.5. The van der Waals surface area contributed by atoms with E-state index in [0.29, 0.717) is 48.8 Å². The first kappa shape index (κ1) is 26.4. The van der Waals surface area contributed by atoms with Gasteiger partial charge in [0.25, 0.3) is 11.5 Å². The molecule has 37 heavy (non-hydrogen) atoms. The second-order valence-electron chi connectivity index (χ2n) is 8.49. The Kier molecular flexibility index (Phi) is 7.65. The van der Waals surface area contributed by atoms with Gasteiger partial charge in [-0.25, -0.2) is 4.39 Å². The number of hydrogen-bond acceptors (Lipinski definition) is 8. The highest BCUT2D eigenvalue weighted by atomic mass is 32.2. The highest BCUT2D eigenvalue weighted by molar-refractivity contribution is 8.26. The van der Waals surface area contributed by atoms with Crippen LogP contribution in [0.25, 0.3) is 6.08 Å². The van der Waals surface area contributed by atoms with E-state index in [4.69, 9.17) is 17.3 Å². The van der Waals surface area contributed by atoms with Crippen LogP contribution in [0.2, 0.25) is 0 Å². The van der Waals surface area contributed by atoms with Gasteiger partial charge in [0, 0.05) is 38.3 Å². The van der Waals surface area contributed by atoms with E-state index >= 15 is 0 Å². The van der Waals surface area contributed by atoms with Crippen molar-refractivity contribution >= 4 is 57.8 Å². The second-order valence-corrected chi connectivity index (χ2v) is 10.2. The molecule has 9 nitrogen and oxygen atoms in total. The van der Waals surface area contributed by atoms with Crippen LogP contribution in [-0.4, -0.2) is 63.5 Å². The lowest BCUT2D eigenvalue weighted by atomic mass is 10.0. The molecule has 0 aliphatic carbocycles. The van der Waals surface area contributed by atoms with Gasteiger partial charge >= 0.3 is 5.97 Å². The molecule has 12 heteroatoms. The topological polar surface area (TPSA) is 110 Å².